The van der Waals surface area contributed by atoms with Gasteiger partial charge < -0.3 is 19.2 Å². The van der Waals surface area contributed by atoms with E-state index < -0.39 is 0 Å². The Bertz CT molecular complexity index is 394. The number of hydrogen-bond acceptors (Lipinski definition) is 4. The van der Waals surface area contributed by atoms with Crippen LogP contribution >= 0.6 is 0 Å². The van der Waals surface area contributed by atoms with E-state index in [9.17, 15) is 0 Å². The lowest BCUT2D eigenvalue weighted by Crippen LogP contribution is -2.18. The summed E-state index contributed by atoms with van der Waals surface area (Å²) in [6.45, 7) is 11.3. The maximum absolute atomic E-state index is 5.78. The molecule has 0 saturated carbocycles. The van der Waals surface area contributed by atoms with Gasteiger partial charge in [-0.25, -0.2) is 0 Å². The highest BCUT2D eigenvalue weighted by molar-refractivity contribution is 5.19. The van der Waals surface area contributed by atoms with Crippen LogP contribution in [0.15, 0.2) is 10.5 Å². The van der Waals surface area contributed by atoms with Crippen molar-refractivity contribution in [3.8, 4) is 0 Å². The van der Waals surface area contributed by atoms with Gasteiger partial charge in [-0.1, -0.05) is 13.8 Å². The molecule has 1 aromatic heterocycles. The second-order valence-corrected chi connectivity index (χ2v) is 6.06. The van der Waals surface area contributed by atoms with Crippen molar-refractivity contribution in [2.75, 3.05) is 26.4 Å². The van der Waals surface area contributed by atoms with Gasteiger partial charge in [0.1, 0.15) is 11.5 Å². The summed E-state index contributed by atoms with van der Waals surface area (Å²) >= 11 is 0. The normalized spacial score (nSPS) is 19.1. The highest BCUT2D eigenvalue weighted by atomic mass is 16.5. The van der Waals surface area contributed by atoms with E-state index in [1.807, 2.05) is 6.92 Å². The number of ether oxygens (including phenoxy) is 2. The third-order valence-electron chi connectivity index (χ3n) is 3.56. The van der Waals surface area contributed by atoms with Gasteiger partial charge in [-0.3, -0.25) is 0 Å². The highest BCUT2D eigenvalue weighted by Crippen LogP contribution is 2.18. The Kier molecular flexibility index (Phi) is 6.07. The molecule has 1 aliphatic heterocycles. The van der Waals surface area contributed by atoms with Gasteiger partial charge in [0.15, 0.2) is 0 Å². The Labute approximate surface area is 121 Å². The smallest absolute Gasteiger partial charge is 0.118 e. The lowest BCUT2D eigenvalue weighted by molar-refractivity contribution is 0.0785. The molecule has 2 heterocycles. The van der Waals surface area contributed by atoms with Gasteiger partial charge in [0.05, 0.1) is 26.4 Å². The van der Waals surface area contributed by atoms with Crippen molar-refractivity contribution in [1.82, 2.24) is 5.32 Å². The molecule has 1 aliphatic rings. The summed E-state index contributed by atoms with van der Waals surface area (Å²) in [5, 5.41) is 3.39. The van der Waals surface area contributed by atoms with E-state index in [-0.39, 0.29) is 0 Å². The Hall–Kier alpha value is -0.840. The van der Waals surface area contributed by atoms with E-state index in [1.54, 1.807) is 0 Å². The number of nitrogens with one attached hydrogen (secondary N) is 1. The molecule has 1 atom stereocenters. The molecule has 0 spiro atoms. The zero-order valence-corrected chi connectivity index (χ0v) is 12.9. The van der Waals surface area contributed by atoms with Gasteiger partial charge in [0.2, 0.25) is 0 Å². The van der Waals surface area contributed by atoms with Crippen LogP contribution in [0, 0.1) is 18.8 Å². The van der Waals surface area contributed by atoms with Crippen LogP contribution in [0.3, 0.4) is 0 Å². The average molecular weight is 281 g/mol. The largest absolute Gasteiger partial charge is 0.465 e. The van der Waals surface area contributed by atoms with Crippen LogP contribution in [0.25, 0.3) is 0 Å². The summed E-state index contributed by atoms with van der Waals surface area (Å²) in [5.74, 6) is 3.18. The molecule has 0 radical (unpaired) electrons. The fourth-order valence-electron chi connectivity index (χ4n) is 2.35. The number of aryl methyl sites for hydroxylation is 1. The van der Waals surface area contributed by atoms with Crippen LogP contribution in [-0.2, 0) is 22.6 Å². The topological polar surface area (TPSA) is 43.6 Å². The van der Waals surface area contributed by atoms with Crippen molar-refractivity contribution in [3.63, 3.8) is 0 Å². The predicted octanol–water partition coefficient (Wildman–Crippen LogP) is 2.89. The second-order valence-electron chi connectivity index (χ2n) is 6.06. The predicted molar refractivity (Wildman–Crippen MR) is 78.6 cm³/mol. The van der Waals surface area contributed by atoms with Gasteiger partial charge in [-0.2, -0.15) is 0 Å². The summed E-state index contributed by atoms with van der Waals surface area (Å²) in [4.78, 5) is 0. The van der Waals surface area contributed by atoms with E-state index in [2.05, 4.69) is 25.2 Å². The van der Waals surface area contributed by atoms with E-state index in [1.165, 1.54) is 0 Å². The highest BCUT2D eigenvalue weighted by Gasteiger charge is 2.16. The molecule has 0 bridgehead atoms. The molecular weight excluding hydrogens is 254 g/mol. The Balaban J connectivity index is 1.72. The standard InChI is InChI=1S/C16H27NO3/c1-12(2)7-17-8-16-6-15(13(3)20-16)11-19-10-14-4-5-18-9-14/h6,12,14,17H,4-5,7-11H2,1-3H3. The third-order valence-corrected chi connectivity index (χ3v) is 3.56. The Morgan fingerprint density at radius 1 is 1.45 bits per heavy atom. The van der Waals surface area contributed by atoms with Gasteiger partial charge in [0.25, 0.3) is 0 Å². The monoisotopic (exact) mass is 281 g/mol. The fourth-order valence-corrected chi connectivity index (χ4v) is 2.35. The SMILES string of the molecule is Cc1oc(CNCC(C)C)cc1COCC1CCOC1. The van der Waals surface area contributed by atoms with Crippen molar-refractivity contribution in [3.05, 3.63) is 23.2 Å². The summed E-state index contributed by atoms with van der Waals surface area (Å²) < 4.78 is 16.9. The van der Waals surface area contributed by atoms with E-state index in [4.69, 9.17) is 13.9 Å². The molecule has 20 heavy (non-hydrogen) atoms. The summed E-state index contributed by atoms with van der Waals surface area (Å²) in [7, 11) is 0. The molecule has 4 nitrogen and oxygen atoms in total. The molecule has 1 N–H and O–H groups in total. The minimum Gasteiger partial charge on any atom is -0.465 e. The Morgan fingerprint density at radius 3 is 3.00 bits per heavy atom. The van der Waals surface area contributed by atoms with Crippen LogP contribution in [-0.4, -0.2) is 26.4 Å². The van der Waals surface area contributed by atoms with Crippen molar-refractivity contribution < 1.29 is 13.9 Å². The van der Waals surface area contributed by atoms with Crippen LogP contribution in [0.1, 0.15) is 37.4 Å². The zero-order chi connectivity index (χ0) is 14.4. The molecule has 1 unspecified atom stereocenters. The minimum atomic E-state index is 0.564. The Morgan fingerprint density at radius 2 is 2.30 bits per heavy atom. The van der Waals surface area contributed by atoms with Crippen LogP contribution in [0.4, 0.5) is 0 Å². The van der Waals surface area contributed by atoms with Crippen LogP contribution in [0.2, 0.25) is 0 Å². The van der Waals surface area contributed by atoms with Gasteiger partial charge in [-0.05, 0) is 31.9 Å². The molecule has 0 amide bonds. The summed E-state index contributed by atoms with van der Waals surface area (Å²) in [6, 6.07) is 2.10. The van der Waals surface area contributed by atoms with Crippen LogP contribution in [0.5, 0.6) is 0 Å². The first-order valence-electron chi connectivity index (χ1n) is 7.59. The third kappa shape index (κ3) is 4.93. The first-order valence-corrected chi connectivity index (χ1v) is 7.59. The lowest BCUT2D eigenvalue weighted by atomic mass is 10.1. The number of hydrogen-bond donors (Lipinski definition) is 1. The zero-order valence-electron chi connectivity index (χ0n) is 12.9. The molecular formula is C16H27NO3. The molecule has 0 aliphatic carbocycles. The summed E-state index contributed by atoms with van der Waals surface area (Å²) in [5.41, 5.74) is 1.16. The van der Waals surface area contributed by atoms with Crippen molar-refractivity contribution in [1.29, 1.82) is 0 Å². The van der Waals surface area contributed by atoms with Crippen molar-refractivity contribution in [2.45, 2.75) is 40.3 Å². The second kappa shape index (κ2) is 7.81. The maximum Gasteiger partial charge on any atom is 0.118 e. The quantitative estimate of drug-likeness (QED) is 0.795. The average Bonchev–Trinajstić information content (AvgIpc) is 3.00. The first-order chi connectivity index (χ1) is 9.65. The molecule has 2 rings (SSSR count). The molecule has 4 heteroatoms. The molecule has 1 saturated heterocycles. The lowest BCUT2D eigenvalue weighted by Gasteiger charge is -2.07. The van der Waals surface area contributed by atoms with Crippen molar-refractivity contribution >= 4 is 0 Å². The molecule has 114 valence electrons. The van der Waals surface area contributed by atoms with Gasteiger partial charge >= 0.3 is 0 Å². The van der Waals surface area contributed by atoms with Gasteiger partial charge in [0, 0.05) is 18.1 Å². The van der Waals surface area contributed by atoms with Crippen LogP contribution < -0.4 is 5.32 Å². The fraction of sp³-hybridized carbons (Fsp3) is 0.750. The molecule has 1 aromatic rings. The first kappa shape index (κ1) is 15.5. The number of rotatable bonds is 8. The minimum absolute atomic E-state index is 0.564. The van der Waals surface area contributed by atoms with Crippen molar-refractivity contribution in [2.24, 2.45) is 11.8 Å². The van der Waals surface area contributed by atoms with Gasteiger partial charge in [-0.15, -0.1) is 0 Å². The number of furan rings is 1. The molecule has 1 fully saturated rings. The van der Waals surface area contributed by atoms with E-state index in [0.29, 0.717) is 18.4 Å². The van der Waals surface area contributed by atoms with E-state index in [0.717, 1.165) is 56.4 Å². The molecule has 0 aromatic carbocycles. The maximum atomic E-state index is 5.78. The summed E-state index contributed by atoms with van der Waals surface area (Å²) in [6.07, 6.45) is 1.12. The van der Waals surface area contributed by atoms with E-state index >= 15 is 0 Å².